The van der Waals surface area contributed by atoms with Crippen LogP contribution in [0.1, 0.15) is 51.3 Å². The van der Waals surface area contributed by atoms with Crippen LogP contribution < -0.4 is 16.4 Å². The summed E-state index contributed by atoms with van der Waals surface area (Å²) in [6.45, 7) is 2.35. The Kier molecular flexibility index (Phi) is 8.76. The molecule has 44 heavy (non-hydrogen) atoms. The van der Waals surface area contributed by atoms with Crippen LogP contribution in [0.5, 0.6) is 0 Å². The smallest absolute Gasteiger partial charge is 0.259 e. The lowest BCUT2D eigenvalue weighted by Gasteiger charge is -2.22. The normalized spacial score (nSPS) is 14.6. The van der Waals surface area contributed by atoms with Gasteiger partial charge in [-0.15, -0.1) is 0 Å². The summed E-state index contributed by atoms with van der Waals surface area (Å²) >= 11 is 0. The highest BCUT2D eigenvalue weighted by Crippen LogP contribution is 2.25. The highest BCUT2D eigenvalue weighted by atomic mass is 16.5. The van der Waals surface area contributed by atoms with E-state index in [0.717, 1.165) is 72.4 Å². The van der Waals surface area contributed by atoms with Gasteiger partial charge < -0.3 is 20.8 Å². The summed E-state index contributed by atoms with van der Waals surface area (Å²) in [5.74, 6) is 1.46. The van der Waals surface area contributed by atoms with E-state index in [0.29, 0.717) is 30.0 Å². The summed E-state index contributed by atoms with van der Waals surface area (Å²) < 4.78 is 8.24. The number of nitrogens with one attached hydrogen (secondary N) is 1. The van der Waals surface area contributed by atoms with E-state index in [2.05, 4.69) is 9.55 Å². The monoisotopic (exact) mass is 587 g/mol. The lowest BCUT2D eigenvalue weighted by atomic mass is 10.1. The molecule has 224 valence electrons. The van der Waals surface area contributed by atoms with Gasteiger partial charge in [0.05, 0.1) is 30.2 Å². The van der Waals surface area contributed by atoms with Gasteiger partial charge in [0.1, 0.15) is 17.5 Å². The van der Waals surface area contributed by atoms with Gasteiger partial charge in [0, 0.05) is 36.9 Å². The highest BCUT2D eigenvalue weighted by molar-refractivity contribution is 6.07. The second kappa shape index (κ2) is 13.2. The van der Waals surface area contributed by atoms with Gasteiger partial charge in [-0.3, -0.25) is 15.1 Å². The first-order valence-electron chi connectivity index (χ1n) is 15.0. The Labute approximate surface area is 257 Å². The molecule has 0 spiro atoms. The fourth-order valence-electron chi connectivity index (χ4n) is 5.70. The topological polar surface area (TPSA) is 136 Å². The zero-order chi connectivity index (χ0) is 30.5. The van der Waals surface area contributed by atoms with Crippen molar-refractivity contribution in [2.75, 3.05) is 11.5 Å². The number of rotatable bonds is 11. The number of nitrogens with zero attached hydrogens (tertiary/aromatic N) is 4. The van der Waals surface area contributed by atoms with Gasteiger partial charge in [-0.1, -0.05) is 54.6 Å². The van der Waals surface area contributed by atoms with E-state index >= 15 is 0 Å². The summed E-state index contributed by atoms with van der Waals surface area (Å²) in [6, 6.07) is 27.1. The number of amides is 1. The second-order valence-electron chi connectivity index (χ2n) is 11.2. The third-order valence-electron chi connectivity index (χ3n) is 8.16. The lowest BCUT2D eigenvalue weighted by Crippen LogP contribution is -2.31. The van der Waals surface area contributed by atoms with Gasteiger partial charge in [0.25, 0.3) is 5.91 Å². The summed E-state index contributed by atoms with van der Waals surface area (Å²) in [7, 11) is 0. The predicted octanol–water partition coefficient (Wildman–Crippen LogP) is 4.99. The SMILES string of the molecule is N=C(N)c1ccc(CCc2nc3cc(C(=O)N(Cc4ccc(CN)cc4)c4ccccn4)ccc3n2CC2CCCO2)cc1. The number of hydrogen-bond donors (Lipinski definition) is 3. The van der Waals surface area contributed by atoms with E-state index in [9.17, 15) is 4.79 Å². The van der Waals surface area contributed by atoms with Crippen molar-refractivity contribution in [2.45, 2.75) is 51.4 Å². The van der Waals surface area contributed by atoms with Crippen LogP contribution >= 0.6 is 0 Å². The maximum absolute atomic E-state index is 14.1. The number of nitrogen functional groups attached to an aromatic ring is 1. The molecular weight excluding hydrogens is 550 g/mol. The van der Waals surface area contributed by atoms with Crippen LogP contribution in [0.25, 0.3) is 11.0 Å². The van der Waals surface area contributed by atoms with Crippen molar-refractivity contribution in [3.05, 3.63) is 125 Å². The van der Waals surface area contributed by atoms with Gasteiger partial charge in [0.2, 0.25) is 0 Å². The Morgan fingerprint density at radius 3 is 2.39 bits per heavy atom. The van der Waals surface area contributed by atoms with Gasteiger partial charge >= 0.3 is 0 Å². The third kappa shape index (κ3) is 6.54. The average Bonchev–Trinajstić information content (AvgIpc) is 3.71. The Bertz CT molecular complexity index is 1740. The van der Waals surface area contributed by atoms with Crippen molar-refractivity contribution in [1.29, 1.82) is 5.41 Å². The molecule has 1 saturated heterocycles. The van der Waals surface area contributed by atoms with Crippen molar-refractivity contribution in [3.63, 3.8) is 0 Å². The molecule has 1 aliphatic rings. The molecule has 3 heterocycles. The molecule has 0 saturated carbocycles. The maximum atomic E-state index is 14.1. The average molecular weight is 588 g/mol. The van der Waals surface area contributed by atoms with Crippen molar-refractivity contribution in [2.24, 2.45) is 11.5 Å². The molecule has 0 aliphatic carbocycles. The number of amidine groups is 1. The van der Waals surface area contributed by atoms with Gasteiger partial charge in [-0.25, -0.2) is 9.97 Å². The molecule has 1 aliphatic heterocycles. The van der Waals surface area contributed by atoms with Crippen LogP contribution in [0, 0.1) is 5.41 Å². The summed E-state index contributed by atoms with van der Waals surface area (Å²) in [4.78, 5) is 25.3. The molecule has 9 nitrogen and oxygen atoms in total. The Balaban J connectivity index is 1.30. The Morgan fingerprint density at radius 1 is 0.955 bits per heavy atom. The van der Waals surface area contributed by atoms with E-state index in [-0.39, 0.29) is 17.8 Å². The maximum Gasteiger partial charge on any atom is 0.259 e. The molecule has 1 amide bonds. The summed E-state index contributed by atoms with van der Waals surface area (Å²) in [5, 5.41) is 7.65. The quantitative estimate of drug-likeness (QED) is 0.147. The third-order valence-corrected chi connectivity index (χ3v) is 8.16. The van der Waals surface area contributed by atoms with Crippen molar-refractivity contribution in [1.82, 2.24) is 14.5 Å². The summed E-state index contributed by atoms with van der Waals surface area (Å²) in [6.07, 6.45) is 5.44. The zero-order valence-electron chi connectivity index (χ0n) is 24.7. The van der Waals surface area contributed by atoms with Crippen LogP contribution in [0.15, 0.2) is 91.1 Å². The minimum atomic E-state index is -0.144. The molecule has 0 radical (unpaired) electrons. The van der Waals surface area contributed by atoms with Gasteiger partial charge in [0.15, 0.2) is 0 Å². The lowest BCUT2D eigenvalue weighted by molar-refractivity contribution is 0.0971. The van der Waals surface area contributed by atoms with Crippen molar-refractivity contribution in [3.8, 4) is 0 Å². The number of pyridine rings is 1. The largest absolute Gasteiger partial charge is 0.384 e. The first-order chi connectivity index (χ1) is 21.5. The molecule has 6 rings (SSSR count). The fraction of sp³-hybridized carbons (Fsp3) is 0.257. The first-order valence-corrected chi connectivity index (χ1v) is 15.0. The van der Waals surface area contributed by atoms with Gasteiger partial charge in [-0.2, -0.15) is 0 Å². The van der Waals surface area contributed by atoms with E-state index in [1.54, 1.807) is 11.1 Å². The van der Waals surface area contributed by atoms with Crippen LogP contribution in [0.4, 0.5) is 5.82 Å². The number of hydrogen-bond acceptors (Lipinski definition) is 6. The number of aryl methyl sites for hydroxylation is 2. The Morgan fingerprint density at radius 2 is 1.70 bits per heavy atom. The number of imidazole rings is 1. The zero-order valence-corrected chi connectivity index (χ0v) is 24.7. The fourth-order valence-corrected chi connectivity index (χ4v) is 5.70. The van der Waals surface area contributed by atoms with Crippen LogP contribution in [-0.4, -0.2) is 39.0 Å². The number of ether oxygens (including phenoxy) is 1. The molecule has 0 bridgehead atoms. The number of benzene rings is 3. The number of carbonyl (C=O) groups excluding carboxylic acids is 1. The molecule has 9 heteroatoms. The van der Waals surface area contributed by atoms with Crippen LogP contribution in [0.3, 0.4) is 0 Å². The van der Waals surface area contributed by atoms with E-state index in [1.165, 1.54) is 0 Å². The molecule has 1 fully saturated rings. The molecule has 3 aromatic carbocycles. The minimum Gasteiger partial charge on any atom is -0.384 e. The number of nitrogens with two attached hydrogens (primary N) is 2. The molecular formula is C35H37N7O2. The second-order valence-corrected chi connectivity index (χ2v) is 11.2. The number of aromatic nitrogens is 3. The number of anilines is 1. The van der Waals surface area contributed by atoms with Crippen molar-refractivity contribution >= 4 is 28.6 Å². The molecule has 2 aromatic heterocycles. The molecule has 1 atom stereocenters. The van der Waals surface area contributed by atoms with E-state index in [4.69, 9.17) is 26.6 Å². The Hall–Kier alpha value is -4.86. The molecule has 5 N–H and O–H groups in total. The predicted molar refractivity (Wildman–Crippen MR) is 173 cm³/mol. The van der Waals surface area contributed by atoms with E-state index in [1.807, 2.05) is 84.9 Å². The van der Waals surface area contributed by atoms with Crippen molar-refractivity contribution < 1.29 is 9.53 Å². The van der Waals surface area contributed by atoms with E-state index < -0.39 is 0 Å². The molecule has 1 unspecified atom stereocenters. The van der Waals surface area contributed by atoms with Gasteiger partial charge in [-0.05, 0) is 66.3 Å². The van der Waals surface area contributed by atoms with Crippen LogP contribution in [-0.2, 0) is 37.2 Å². The summed E-state index contributed by atoms with van der Waals surface area (Å²) in [5.41, 5.74) is 17.6. The standard InChI is InChI=1S/C35H37N7O2/c36-21-25-6-8-26(9-7-25)22-42(32-5-1-2-18-39-32)35(43)28-15-16-31-30(20-28)40-33(41(31)23-29-4-3-19-44-29)17-12-24-10-13-27(14-11-24)34(37)38/h1-2,5-11,13-16,18,20,29H,3-4,12,17,19,21-23,36H2,(H3,37,38). The van der Waals surface area contributed by atoms with Crippen LogP contribution in [0.2, 0.25) is 0 Å². The number of fused-ring (bicyclic) bond motifs is 1. The first kappa shape index (κ1) is 29.2. The molecule has 5 aromatic rings. The number of carbonyl (C=O) groups is 1. The minimum absolute atomic E-state index is 0.0615. The highest BCUT2D eigenvalue weighted by Gasteiger charge is 2.23.